The van der Waals surface area contributed by atoms with E-state index in [-0.39, 0.29) is 17.7 Å². The Morgan fingerprint density at radius 3 is 2.65 bits per heavy atom. The summed E-state index contributed by atoms with van der Waals surface area (Å²) in [5, 5.41) is 0.196. The van der Waals surface area contributed by atoms with E-state index in [9.17, 15) is 4.79 Å². The number of aromatic nitrogens is 2. The fraction of sp³-hybridized carbons (Fsp3) is 0.545. The SMILES string of the molecule is CCN(CC(=O)N(C)C)c1nc(Cl)ncc1C. The maximum Gasteiger partial charge on any atom is 0.241 e. The van der Waals surface area contributed by atoms with Gasteiger partial charge in [0.15, 0.2) is 0 Å². The molecule has 5 nitrogen and oxygen atoms in total. The number of likely N-dealkylation sites (N-methyl/N-ethyl adjacent to an activating group) is 2. The molecular weight excluding hydrogens is 240 g/mol. The van der Waals surface area contributed by atoms with Gasteiger partial charge in [0.25, 0.3) is 0 Å². The molecule has 0 unspecified atom stereocenters. The first-order valence-corrected chi connectivity index (χ1v) is 5.77. The Morgan fingerprint density at radius 1 is 1.47 bits per heavy atom. The smallest absolute Gasteiger partial charge is 0.241 e. The van der Waals surface area contributed by atoms with E-state index in [0.29, 0.717) is 12.4 Å². The molecule has 0 atom stereocenters. The number of rotatable bonds is 4. The highest BCUT2D eigenvalue weighted by molar-refractivity contribution is 6.28. The van der Waals surface area contributed by atoms with Crippen molar-refractivity contribution < 1.29 is 4.79 Å². The Balaban J connectivity index is 2.93. The van der Waals surface area contributed by atoms with Crippen molar-refractivity contribution in [2.24, 2.45) is 0 Å². The van der Waals surface area contributed by atoms with Crippen molar-refractivity contribution in [1.29, 1.82) is 0 Å². The summed E-state index contributed by atoms with van der Waals surface area (Å²) in [7, 11) is 3.46. The van der Waals surface area contributed by atoms with Crippen molar-refractivity contribution in [2.45, 2.75) is 13.8 Å². The number of amides is 1. The number of hydrogen-bond donors (Lipinski definition) is 0. The van der Waals surface area contributed by atoms with Gasteiger partial charge >= 0.3 is 0 Å². The Hall–Kier alpha value is -1.36. The number of halogens is 1. The summed E-state index contributed by atoms with van der Waals surface area (Å²) in [5.74, 6) is 0.740. The molecule has 0 spiro atoms. The van der Waals surface area contributed by atoms with Crippen molar-refractivity contribution in [3.63, 3.8) is 0 Å². The van der Waals surface area contributed by atoms with Gasteiger partial charge in [-0.05, 0) is 25.4 Å². The zero-order valence-corrected chi connectivity index (χ0v) is 11.3. The second-order valence-corrected chi connectivity index (χ2v) is 4.29. The fourth-order valence-electron chi connectivity index (χ4n) is 1.37. The van der Waals surface area contributed by atoms with Crippen molar-refractivity contribution in [3.8, 4) is 0 Å². The van der Waals surface area contributed by atoms with E-state index < -0.39 is 0 Å². The maximum absolute atomic E-state index is 11.7. The lowest BCUT2D eigenvalue weighted by Gasteiger charge is -2.24. The summed E-state index contributed by atoms with van der Waals surface area (Å²) in [6.07, 6.45) is 1.66. The van der Waals surface area contributed by atoms with E-state index in [1.165, 1.54) is 0 Å². The normalized spacial score (nSPS) is 10.2. The van der Waals surface area contributed by atoms with Crippen LogP contribution in [-0.2, 0) is 4.79 Å². The lowest BCUT2D eigenvalue weighted by Crippen LogP contribution is -2.37. The zero-order chi connectivity index (χ0) is 13.0. The molecule has 94 valence electrons. The number of nitrogens with zero attached hydrogens (tertiary/aromatic N) is 4. The highest BCUT2D eigenvalue weighted by Crippen LogP contribution is 2.17. The van der Waals surface area contributed by atoms with Crippen LogP contribution in [0.25, 0.3) is 0 Å². The Labute approximate surface area is 106 Å². The van der Waals surface area contributed by atoms with Crippen LogP contribution < -0.4 is 4.90 Å². The lowest BCUT2D eigenvalue weighted by atomic mass is 10.3. The predicted octanol–water partition coefficient (Wildman–Crippen LogP) is 1.35. The van der Waals surface area contributed by atoms with Crippen LogP contribution >= 0.6 is 11.6 Å². The van der Waals surface area contributed by atoms with Gasteiger partial charge in [-0.1, -0.05) is 0 Å². The first kappa shape index (κ1) is 13.7. The molecule has 1 amide bonds. The van der Waals surface area contributed by atoms with Gasteiger partial charge in [-0.15, -0.1) is 0 Å². The quantitative estimate of drug-likeness (QED) is 0.763. The monoisotopic (exact) mass is 256 g/mol. The number of anilines is 1. The summed E-state index contributed by atoms with van der Waals surface area (Å²) < 4.78 is 0. The van der Waals surface area contributed by atoms with Gasteiger partial charge in [-0.25, -0.2) is 9.97 Å². The fourth-order valence-corrected chi connectivity index (χ4v) is 1.50. The van der Waals surface area contributed by atoms with Gasteiger partial charge < -0.3 is 9.80 Å². The van der Waals surface area contributed by atoms with Crippen LogP contribution in [0.3, 0.4) is 0 Å². The average Bonchev–Trinajstić information content (AvgIpc) is 2.29. The molecule has 17 heavy (non-hydrogen) atoms. The van der Waals surface area contributed by atoms with E-state index in [4.69, 9.17) is 11.6 Å². The van der Waals surface area contributed by atoms with Gasteiger partial charge in [0, 0.05) is 32.4 Å². The number of aryl methyl sites for hydroxylation is 1. The summed E-state index contributed by atoms with van der Waals surface area (Å²) in [6, 6.07) is 0. The highest BCUT2D eigenvalue weighted by Gasteiger charge is 2.15. The van der Waals surface area contributed by atoms with Crippen LogP contribution in [0, 0.1) is 6.92 Å². The van der Waals surface area contributed by atoms with Crippen LogP contribution in [0.2, 0.25) is 5.28 Å². The molecule has 1 rings (SSSR count). The molecule has 0 aliphatic rings. The molecule has 0 saturated carbocycles. The van der Waals surface area contributed by atoms with Crippen LogP contribution in [0.15, 0.2) is 6.20 Å². The van der Waals surface area contributed by atoms with Crippen molar-refractivity contribution in [1.82, 2.24) is 14.9 Å². The van der Waals surface area contributed by atoms with E-state index in [2.05, 4.69) is 9.97 Å². The predicted molar refractivity (Wildman–Crippen MR) is 68.4 cm³/mol. The molecule has 0 radical (unpaired) electrons. The van der Waals surface area contributed by atoms with Crippen molar-refractivity contribution in [3.05, 3.63) is 17.0 Å². The lowest BCUT2D eigenvalue weighted by molar-refractivity contribution is -0.127. The number of carbonyl (C=O) groups is 1. The molecule has 1 heterocycles. The Kier molecular flexibility index (Phi) is 4.69. The third-order valence-electron chi connectivity index (χ3n) is 2.42. The Morgan fingerprint density at radius 2 is 2.12 bits per heavy atom. The minimum atomic E-state index is 0.0287. The summed E-state index contributed by atoms with van der Waals surface area (Å²) >= 11 is 5.77. The molecule has 0 aliphatic carbocycles. The van der Waals surface area contributed by atoms with Gasteiger partial charge in [-0.2, -0.15) is 0 Å². The van der Waals surface area contributed by atoms with Crippen LogP contribution in [0.5, 0.6) is 0 Å². The first-order valence-electron chi connectivity index (χ1n) is 5.40. The molecule has 0 saturated heterocycles. The standard InChI is InChI=1S/C11H17ClN4O/c1-5-16(7-9(17)15(3)4)10-8(2)6-13-11(12)14-10/h6H,5,7H2,1-4H3. The molecular formula is C11H17ClN4O. The third-order valence-corrected chi connectivity index (χ3v) is 2.60. The van der Waals surface area contributed by atoms with Crippen LogP contribution in [-0.4, -0.2) is 48.0 Å². The molecule has 0 N–H and O–H groups in total. The highest BCUT2D eigenvalue weighted by atomic mass is 35.5. The zero-order valence-electron chi connectivity index (χ0n) is 10.6. The topological polar surface area (TPSA) is 49.3 Å². The molecule has 0 fully saturated rings. The van der Waals surface area contributed by atoms with E-state index in [0.717, 1.165) is 5.56 Å². The molecule has 0 bridgehead atoms. The molecule has 1 aromatic heterocycles. The van der Waals surface area contributed by atoms with Crippen molar-refractivity contribution >= 4 is 23.3 Å². The summed E-state index contributed by atoms with van der Waals surface area (Å²) in [6.45, 7) is 4.85. The van der Waals surface area contributed by atoms with E-state index >= 15 is 0 Å². The molecule has 0 aliphatic heterocycles. The van der Waals surface area contributed by atoms with Gasteiger partial charge in [-0.3, -0.25) is 4.79 Å². The largest absolute Gasteiger partial charge is 0.347 e. The molecule has 1 aromatic rings. The Bertz CT molecular complexity index is 408. The first-order chi connectivity index (χ1) is 7.95. The van der Waals surface area contributed by atoms with Gasteiger partial charge in [0.05, 0.1) is 6.54 Å². The number of carbonyl (C=O) groups excluding carboxylic acids is 1. The second kappa shape index (κ2) is 5.82. The van der Waals surface area contributed by atoms with Crippen LogP contribution in [0.1, 0.15) is 12.5 Å². The van der Waals surface area contributed by atoms with Gasteiger partial charge in [0.2, 0.25) is 11.2 Å². The van der Waals surface area contributed by atoms with Crippen molar-refractivity contribution in [2.75, 3.05) is 32.1 Å². The van der Waals surface area contributed by atoms with Gasteiger partial charge in [0.1, 0.15) is 5.82 Å². The average molecular weight is 257 g/mol. The minimum absolute atomic E-state index is 0.0287. The third kappa shape index (κ3) is 3.56. The molecule has 6 heteroatoms. The van der Waals surface area contributed by atoms with Crippen LogP contribution in [0.4, 0.5) is 5.82 Å². The summed E-state index contributed by atoms with van der Waals surface area (Å²) in [5.41, 5.74) is 0.905. The molecule has 0 aromatic carbocycles. The van der Waals surface area contributed by atoms with E-state index in [1.807, 2.05) is 18.7 Å². The number of hydrogen-bond acceptors (Lipinski definition) is 4. The minimum Gasteiger partial charge on any atom is -0.347 e. The second-order valence-electron chi connectivity index (χ2n) is 3.95. The maximum atomic E-state index is 11.7. The van der Waals surface area contributed by atoms with E-state index in [1.54, 1.807) is 25.2 Å². The summed E-state index contributed by atoms with van der Waals surface area (Å²) in [4.78, 5) is 23.2.